The summed E-state index contributed by atoms with van der Waals surface area (Å²) in [5.41, 5.74) is 4.00. The second kappa shape index (κ2) is 6.42. The predicted molar refractivity (Wildman–Crippen MR) is 87.4 cm³/mol. The molecule has 0 saturated heterocycles. The van der Waals surface area contributed by atoms with Gasteiger partial charge in [-0.15, -0.1) is 0 Å². The highest BCUT2D eigenvalue weighted by molar-refractivity contribution is 7.07. The van der Waals surface area contributed by atoms with E-state index < -0.39 is 0 Å². The summed E-state index contributed by atoms with van der Waals surface area (Å²) >= 11 is 1.79. The van der Waals surface area contributed by atoms with Crippen LogP contribution < -0.4 is 5.32 Å². The summed E-state index contributed by atoms with van der Waals surface area (Å²) in [5.74, 6) is 0. The van der Waals surface area contributed by atoms with Crippen molar-refractivity contribution in [2.75, 3.05) is 18.4 Å². The molecule has 106 valence electrons. The van der Waals surface area contributed by atoms with Gasteiger partial charge in [0.25, 0.3) is 0 Å². The number of rotatable bonds is 7. The van der Waals surface area contributed by atoms with Crippen LogP contribution in [0.25, 0.3) is 0 Å². The summed E-state index contributed by atoms with van der Waals surface area (Å²) in [7, 11) is 0. The number of hydrogen-bond donors (Lipinski definition) is 1. The molecule has 1 aromatic heterocycles. The first-order chi connectivity index (χ1) is 9.81. The van der Waals surface area contributed by atoms with E-state index in [1.54, 1.807) is 11.3 Å². The summed E-state index contributed by atoms with van der Waals surface area (Å²) < 4.78 is 0. The maximum absolute atomic E-state index is 3.54. The zero-order valence-corrected chi connectivity index (χ0v) is 12.8. The van der Waals surface area contributed by atoms with Gasteiger partial charge in [-0.25, -0.2) is 0 Å². The second-order valence-corrected chi connectivity index (χ2v) is 6.41. The average molecular weight is 286 g/mol. The molecule has 1 aromatic carbocycles. The normalized spacial score (nSPS) is 14.7. The number of anilines is 1. The Hall–Kier alpha value is -1.32. The second-order valence-electron chi connectivity index (χ2n) is 5.63. The van der Waals surface area contributed by atoms with E-state index in [4.69, 9.17) is 0 Å². The molecule has 2 aromatic rings. The Balaban J connectivity index is 1.50. The van der Waals surface area contributed by atoms with Gasteiger partial charge in [0.2, 0.25) is 0 Å². The summed E-state index contributed by atoms with van der Waals surface area (Å²) in [6, 6.07) is 11.7. The third-order valence-electron chi connectivity index (χ3n) is 3.78. The van der Waals surface area contributed by atoms with E-state index >= 15 is 0 Å². The van der Waals surface area contributed by atoms with E-state index in [1.165, 1.54) is 29.7 Å². The molecule has 0 spiro atoms. The minimum atomic E-state index is 0.814. The number of thiophene rings is 1. The van der Waals surface area contributed by atoms with Gasteiger partial charge in [0.05, 0.1) is 0 Å². The van der Waals surface area contributed by atoms with Gasteiger partial charge < -0.3 is 5.32 Å². The largest absolute Gasteiger partial charge is 0.384 e. The lowest BCUT2D eigenvalue weighted by Gasteiger charge is -2.22. The highest BCUT2D eigenvalue weighted by atomic mass is 32.1. The maximum atomic E-state index is 3.54. The van der Waals surface area contributed by atoms with Gasteiger partial charge in [-0.3, -0.25) is 4.90 Å². The Kier molecular flexibility index (Phi) is 4.38. The highest BCUT2D eigenvalue weighted by Crippen LogP contribution is 2.28. The number of nitrogens with one attached hydrogen (secondary N) is 1. The molecule has 0 amide bonds. The molecule has 0 unspecified atom stereocenters. The Morgan fingerprint density at radius 2 is 2.20 bits per heavy atom. The van der Waals surface area contributed by atoms with Crippen molar-refractivity contribution in [3.05, 3.63) is 52.2 Å². The minimum Gasteiger partial charge on any atom is -0.384 e. The van der Waals surface area contributed by atoms with Crippen molar-refractivity contribution >= 4 is 17.0 Å². The number of aryl methyl sites for hydroxylation is 1. The third-order valence-corrected chi connectivity index (χ3v) is 4.51. The molecule has 0 radical (unpaired) electrons. The molecular formula is C17H22N2S. The molecule has 0 bridgehead atoms. The van der Waals surface area contributed by atoms with Crippen molar-refractivity contribution in [3.63, 3.8) is 0 Å². The monoisotopic (exact) mass is 286 g/mol. The van der Waals surface area contributed by atoms with Crippen LogP contribution >= 0.6 is 11.3 Å². The topological polar surface area (TPSA) is 15.3 Å². The van der Waals surface area contributed by atoms with Gasteiger partial charge in [0.15, 0.2) is 0 Å². The van der Waals surface area contributed by atoms with E-state index in [1.807, 2.05) is 0 Å². The number of hydrogen-bond acceptors (Lipinski definition) is 3. The van der Waals surface area contributed by atoms with Crippen LogP contribution in [0.5, 0.6) is 0 Å². The molecule has 1 heterocycles. The maximum Gasteiger partial charge on any atom is 0.0343 e. The molecule has 0 atom stereocenters. The lowest BCUT2D eigenvalue weighted by molar-refractivity contribution is 0.265. The predicted octanol–water partition coefficient (Wildman–Crippen LogP) is 4.13. The van der Waals surface area contributed by atoms with Gasteiger partial charge >= 0.3 is 0 Å². The van der Waals surface area contributed by atoms with Crippen molar-refractivity contribution in [1.29, 1.82) is 0 Å². The van der Waals surface area contributed by atoms with Crippen LogP contribution in [0.4, 0.5) is 5.69 Å². The SMILES string of the molecule is Cc1cccc(NCCN(Cc2ccsc2)C2CC2)c1. The molecule has 1 aliphatic rings. The van der Waals surface area contributed by atoms with Crippen molar-refractivity contribution in [2.24, 2.45) is 0 Å². The van der Waals surface area contributed by atoms with Gasteiger partial charge in [-0.2, -0.15) is 11.3 Å². The van der Waals surface area contributed by atoms with Crippen molar-refractivity contribution in [2.45, 2.75) is 32.4 Å². The van der Waals surface area contributed by atoms with Crippen LogP contribution in [0.15, 0.2) is 41.1 Å². The van der Waals surface area contributed by atoms with Crippen LogP contribution in [0, 0.1) is 6.92 Å². The van der Waals surface area contributed by atoms with Crippen LogP contribution in [0.3, 0.4) is 0 Å². The van der Waals surface area contributed by atoms with Crippen LogP contribution in [0.2, 0.25) is 0 Å². The fourth-order valence-electron chi connectivity index (χ4n) is 2.55. The number of benzene rings is 1. The summed E-state index contributed by atoms with van der Waals surface area (Å²) in [5, 5.41) is 7.98. The van der Waals surface area contributed by atoms with E-state index in [9.17, 15) is 0 Å². The minimum absolute atomic E-state index is 0.814. The molecular weight excluding hydrogens is 264 g/mol. The van der Waals surface area contributed by atoms with Gasteiger partial charge in [0, 0.05) is 31.4 Å². The smallest absolute Gasteiger partial charge is 0.0343 e. The van der Waals surface area contributed by atoms with Gasteiger partial charge in [-0.1, -0.05) is 12.1 Å². The highest BCUT2D eigenvalue weighted by Gasteiger charge is 2.28. The third kappa shape index (κ3) is 3.84. The Morgan fingerprint density at radius 1 is 1.30 bits per heavy atom. The average Bonchev–Trinajstić information content (AvgIpc) is 3.16. The fourth-order valence-corrected chi connectivity index (χ4v) is 3.21. The summed E-state index contributed by atoms with van der Waals surface area (Å²) in [6.07, 6.45) is 2.74. The molecule has 20 heavy (non-hydrogen) atoms. The Labute approximate surface area is 125 Å². The zero-order valence-electron chi connectivity index (χ0n) is 12.0. The first-order valence-corrected chi connectivity index (χ1v) is 8.31. The quantitative estimate of drug-likeness (QED) is 0.823. The Morgan fingerprint density at radius 3 is 2.90 bits per heavy atom. The van der Waals surface area contributed by atoms with Crippen LogP contribution in [-0.4, -0.2) is 24.0 Å². The molecule has 1 fully saturated rings. The summed E-state index contributed by atoms with van der Waals surface area (Å²) in [4.78, 5) is 2.62. The van der Waals surface area contributed by atoms with Gasteiger partial charge in [-0.05, 0) is 59.9 Å². The first kappa shape index (κ1) is 13.7. The van der Waals surface area contributed by atoms with E-state index in [0.29, 0.717) is 0 Å². The molecule has 0 aliphatic heterocycles. The molecule has 3 rings (SSSR count). The molecule has 1 aliphatic carbocycles. The molecule has 3 heteroatoms. The van der Waals surface area contributed by atoms with Crippen molar-refractivity contribution < 1.29 is 0 Å². The lowest BCUT2D eigenvalue weighted by Crippen LogP contribution is -2.30. The van der Waals surface area contributed by atoms with Gasteiger partial charge in [0.1, 0.15) is 0 Å². The molecule has 2 nitrogen and oxygen atoms in total. The van der Waals surface area contributed by atoms with E-state index in [2.05, 4.69) is 58.2 Å². The van der Waals surface area contributed by atoms with Crippen molar-refractivity contribution in [1.82, 2.24) is 4.90 Å². The number of nitrogens with zero attached hydrogens (tertiary/aromatic N) is 1. The van der Waals surface area contributed by atoms with Crippen LogP contribution in [-0.2, 0) is 6.54 Å². The van der Waals surface area contributed by atoms with Crippen molar-refractivity contribution in [3.8, 4) is 0 Å². The molecule has 1 N–H and O–H groups in total. The van der Waals surface area contributed by atoms with Crippen LogP contribution in [0.1, 0.15) is 24.0 Å². The zero-order chi connectivity index (χ0) is 13.8. The summed E-state index contributed by atoms with van der Waals surface area (Å²) in [6.45, 7) is 5.38. The first-order valence-electron chi connectivity index (χ1n) is 7.37. The van der Waals surface area contributed by atoms with E-state index in [-0.39, 0.29) is 0 Å². The standard InChI is InChI=1S/C17H22N2S/c1-14-3-2-4-16(11-14)18-8-9-19(17-5-6-17)12-15-7-10-20-13-15/h2-4,7,10-11,13,17-18H,5-6,8-9,12H2,1H3. The Bertz CT molecular complexity index is 532. The molecule has 1 saturated carbocycles. The van der Waals surface area contributed by atoms with E-state index in [0.717, 1.165) is 25.7 Å². The lowest BCUT2D eigenvalue weighted by atomic mass is 10.2. The fraction of sp³-hybridized carbons (Fsp3) is 0.412.